The van der Waals surface area contributed by atoms with Gasteiger partial charge < -0.3 is 5.32 Å². The molecule has 4 nitrogen and oxygen atoms in total. The van der Waals surface area contributed by atoms with Gasteiger partial charge in [0.15, 0.2) is 5.13 Å². The first kappa shape index (κ1) is 15.7. The average molecular weight is 388 g/mol. The lowest BCUT2D eigenvalue weighted by Gasteiger charge is -2.06. The maximum atomic E-state index is 12.1. The molecule has 1 heterocycles. The maximum absolute atomic E-state index is 12.1. The largest absolute Gasteiger partial charge is 0.325 e. The minimum absolute atomic E-state index is 0.315. The Morgan fingerprint density at radius 1 is 1.04 bits per heavy atom. The van der Waals surface area contributed by atoms with Crippen LogP contribution in [0.15, 0.2) is 59.1 Å². The summed E-state index contributed by atoms with van der Waals surface area (Å²) in [6.45, 7) is 2.00. The molecule has 0 fully saturated rings. The molecule has 3 aromatic rings. The zero-order chi connectivity index (χ0) is 16.2. The fourth-order valence-electron chi connectivity index (χ4n) is 2.13. The number of nitrogens with one attached hydrogen (secondary N) is 2. The molecule has 1 aromatic heterocycles. The number of hydrogen-bond donors (Lipinski definition) is 2. The van der Waals surface area contributed by atoms with Gasteiger partial charge in [-0.15, -0.1) is 11.3 Å². The van der Waals surface area contributed by atoms with E-state index in [4.69, 9.17) is 0 Å². The highest BCUT2D eigenvalue weighted by Gasteiger charge is 2.12. The first-order valence-corrected chi connectivity index (χ1v) is 8.60. The van der Waals surface area contributed by atoms with Crippen molar-refractivity contribution < 1.29 is 4.79 Å². The highest BCUT2D eigenvalue weighted by atomic mass is 79.9. The fraction of sp³-hybridized carbons (Fsp3) is 0.0588. The zero-order valence-corrected chi connectivity index (χ0v) is 14.7. The Kier molecular flexibility index (Phi) is 4.73. The van der Waals surface area contributed by atoms with Gasteiger partial charge in [-0.1, -0.05) is 42.5 Å². The van der Waals surface area contributed by atoms with E-state index in [-0.39, 0.29) is 6.03 Å². The van der Waals surface area contributed by atoms with Gasteiger partial charge in [0, 0.05) is 14.9 Å². The van der Waals surface area contributed by atoms with Crippen molar-refractivity contribution in [2.24, 2.45) is 0 Å². The van der Waals surface area contributed by atoms with Crippen molar-refractivity contribution in [1.82, 2.24) is 4.98 Å². The van der Waals surface area contributed by atoms with E-state index in [1.165, 1.54) is 11.3 Å². The molecule has 2 aromatic carbocycles. The van der Waals surface area contributed by atoms with Crippen molar-refractivity contribution in [2.45, 2.75) is 6.92 Å². The molecule has 23 heavy (non-hydrogen) atoms. The molecule has 0 spiro atoms. The average Bonchev–Trinajstić information content (AvgIpc) is 2.91. The van der Waals surface area contributed by atoms with E-state index in [9.17, 15) is 4.79 Å². The van der Waals surface area contributed by atoms with Gasteiger partial charge >= 0.3 is 6.03 Å². The first-order chi connectivity index (χ1) is 11.1. The fourth-order valence-corrected chi connectivity index (χ4v) is 3.34. The van der Waals surface area contributed by atoms with Crippen molar-refractivity contribution >= 4 is 44.1 Å². The molecule has 2 N–H and O–H groups in total. The molecule has 3 rings (SSSR count). The SMILES string of the molecule is Cc1sc(NC(=O)Nc2ccccc2Br)nc1-c1ccccc1. The number of aryl methyl sites for hydroxylation is 1. The van der Waals surface area contributed by atoms with Crippen molar-refractivity contribution in [2.75, 3.05) is 10.6 Å². The topological polar surface area (TPSA) is 54.0 Å². The quantitative estimate of drug-likeness (QED) is 0.620. The number of benzene rings is 2. The Bertz CT molecular complexity index is 833. The molecular formula is C17H14BrN3OS. The van der Waals surface area contributed by atoms with Crippen molar-refractivity contribution in [1.29, 1.82) is 0 Å². The molecule has 0 aliphatic carbocycles. The van der Waals surface area contributed by atoms with Crippen LogP contribution in [0.5, 0.6) is 0 Å². The first-order valence-electron chi connectivity index (χ1n) is 6.99. The molecule has 0 unspecified atom stereocenters. The van der Waals surface area contributed by atoms with Crippen LogP contribution in [0.4, 0.5) is 15.6 Å². The number of thiazole rings is 1. The van der Waals surface area contributed by atoms with Crippen LogP contribution >= 0.6 is 27.3 Å². The molecule has 0 aliphatic rings. The second kappa shape index (κ2) is 6.93. The summed E-state index contributed by atoms with van der Waals surface area (Å²) in [5.41, 5.74) is 2.65. The summed E-state index contributed by atoms with van der Waals surface area (Å²) in [6.07, 6.45) is 0. The second-order valence-electron chi connectivity index (χ2n) is 4.85. The van der Waals surface area contributed by atoms with E-state index >= 15 is 0 Å². The van der Waals surface area contributed by atoms with Gasteiger partial charge in [-0.05, 0) is 35.0 Å². The third-order valence-corrected chi connectivity index (χ3v) is 4.76. The molecule has 0 radical (unpaired) electrons. The Hall–Kier alpha value is -2.18. The summed E-state index contributed by atoms with van der Waals surface area (Å²) >= 11 is 4.86. The number of rotatable bonds is 3. The van der Waals surface area contributed by atoms with Gasteiger partial charge in [0.1, 0.15) is 0 Å². The van der Waals surface area contributed by atoms with Crippen LogP contribution < -0.4 is 10.6 Å². The van der Waals surface area contributed by atoms with Crippen LogP contribution in [-0.2, 0) is 0 Å². The number of amides is 2. The smallest absolute Gasteiger partial charge is 0.307 e. The van der Waals surface area contributed by atoms with E-state index in [0.717, 1.165) is 20.6 Å². The number of carbonyl (C=O) groups excluding carboxylic acids is 1. The Labute approximate surface area is 146 Å². The summed E-state index contributed by atoms with van der Waals surface area (Å²) in [6, 6.07) is 17.1. The molecule has 116 valence electrons. The number of halogens is 1. The van der Waals surface area contributed by atoms with Crippen molar-refractivity contribution in [3.8, 4) is 11.3 Å². The lowest BCUT2D eigenvalue weighted by Crippen LogP contribution is -2.19. The minimum atomic E-state index is -0.315. The van der Waals surface area contributed by atoms with Gasteiger partial charge in [-0.2, -0.15) is 0 Å². The molecule has 0 atom stereocenters. The number of nitrogens with zero attached hydrogens (tertiary/aromatic N) is 1. The van der Waals surface area contributed by atoms with E-state index in [1.807, 2.05) is 61.5 Å². The number of hydrogen-bond acceptors (Lipinski definition) is 3. The summed E-state index contributed by atoms with van der Waals surface area (Å²) in [5, 5.41) is 6.16. The molecule has 0 saturated carbocycles. The summed E-state index contributed by atoms with van der Waals surface area (Å²) in [5.74, 6) is 0. The Morgan fingerprint density at radius 2 is 1.74 bits per heavy atom. The Morgan fingerprint density at radius 3 is 2.48 bits per heavy atom. The van der Waals surface area contributed by atoms with Crippen LogP contribution in [0.25, 0.3) is 11.3 Å². The Balaban J connectivity index is 1.74. The standard InChI is InChI=1S/C17H14BrN3OS/c1-11-15(12-7-3-2-4-8-12)20-17(23-11)21-16(22)19-14-10-6-5-9-13(14)18/h2-10H,1H3,(H2,19,20,21,22). The number of urea groups is 1. The van der Waals surface area contributed by atoms with Gasteiger partial charge in [0.2, 0.25) is 0 Å². The van der Waals surface area contributed by atoms with E-state index in [2.05, 4.69) is 31.5 Å². The number of para-hydroxylation sites is 1. The molecule has 0 bridgehead atoms. The lowest BCUT2D eigenvalue weighted by atomic mass is 10.1. The molecule has 6 heteroatoms. The van der Waals surface area contributed by atoms with Crippen molar-refractivity contribution in [3.05, 3.63) is 63.9 Å². The van der Waals surface area contributed by atoms with E-state index in [1.54, 1.807) is 0 Å². The number of aromatic nitrogens is 1. The maximum Gasteiger partial charge on any atom is 0.325 e. The summed E-state index contributed by atoms with van der Waals surface area (Å²) in [4.78, 5) is 17.7. The second-order valence-corrected chi connectivity index (χ2v) is 6.91. The predicted molar refractivity (Wildman–Crippen MR) is 99.1 cm³/mol. The van der Waals surface area contributed by atoms with Crippen LogP contribution in [-0.4, -0.2) is 11.0 Å². The van der Waals surface area contributed by atoms with Crippen LogP contribution in [0.2, 0.25) is 0 Å². The monoisotopic (exact) mass is 387 g/mol. The summed E-state index contributed by atoms with van der Waals surface area (Å²) < 4.78 is 0.829. The van der Waals surface area contributed by atoms with Crippen molar-refractivity contribution in [3.63, 3.8) is 0 Å². The van der Waals surface area contributed by atoms with Gasteiger partial charge in [0.25, 0.3) is 0 Å². The third kappa shape index (κ3) is 3.78. The van der Waals surface area contributed by atoms with E-state index in [0.29, 0.717) is 10.8 Å². The highest BCUT2D eigenvalue weighted by Crippen LogP contribution is 2.30. The highest BCUT2D eigenvalue weighted by molar-refractivity contribution is 9.10. The lowest BCUT2D eigenvalue weighted by molar-refractivity contribution is 0.262. The number of anilines is 2. The van der Waals surface area contributed by atoms with Crippen LogP contribution in [0.3, 0.4) is 0 Å². The normalized spacial score (nSPS) is 10.3. The molecular weight excluding hydrogens is 374 g/mol. The number of carbonyl (C=O) groups is 1. The van der Waals surface area contributed by atoms with Gasteiger partial charge in [-0.25, -0.2) is 9.78 Å². The third-order valence-electron chi connectivity index (χ3n) is 3.19. The molecule has 0 aliphatic heterocycles. The zero-order valence-electron chi connectivity index (χ0n) is 12.3. The summed E-state index contributed by atoms with van der Waals surface area (Å²) in [7, 11) is 0. The minimum Gasteiger partial charge on any atom is -0.307 e. The molecule has 2 amide bonds. The molecule has 0 saturated heterocycles. The van der Waals surface area contributed by atoms with Crippen LogP contribution in [0, 0.1) is 6.92 Å². The predicted octanol–water partition coefficient (Wildman–Crippen LogP) is 5.53. The van der Waals surface area contributed by atoms with Gasteiger partial charge in [-0.3, -0.25) is 5.32 Å². The van der Waals surface area contributed by atoms with E-state index < -0.39 is 0 Å². The van der Waals surface area contributed by atoms with Crippen LogP contribution in [0.1, 0.15) is 4.88 Å². The van der Waals surface area contributed by atoms with Gasteiger partial charge in [0.05, 0.1) is 11.4 Å².